The zero-order chi connectivity index (χ0) is 15.0. The number of aryl methyl sites for hydroxylation is 2. The number of hydrogen-bond acceptors (Lipinski definition) is 4. The van der Waals surface area contributed by atoms with Crippen LogP contribution in [0.25, 0.3) is 11.3 Å². The number of nitriles is 1. The molecule has 0 aliphatic carbocycles. The van der Waals surface area contributed by atoms with Gasteiger partial charge < -0.3 is 14.0 Å². The number of carbonyl (C=O) groups is 1. The number of hydrogen-bond donors (Lipinski definition) is 0. The van der Waals surface area contributed by atoms with Gasteiger partial charge in [-0.1, -0.05) is 0 Å². The standard InChI is InChI=1S/C16H14N2O3/c1-20-14-5-10-3-4-18-8-11(7-17)13(9-19)16(18)12(10)6-15(14)21-2/h5-6,8-9H,3-4H2,1-2H3. The Morgan fingerprint density at radius 3 is 2.62 bits per heavy atom. The number of methoxy groups -OCH3 is 2. The minimum Gasteiger partial charge on any atom is -0.493 e. The van der Waals surface area contributed by atoms with Gasteiger partial charge >= 0.3 is 0 Å². The number of aldehydes is 1. The van der Waals surface area contributed by atoms with Gasteiger partial charge in [-0.25, -0.2) is 0 Å². The maximum atomic E-state index is 11.4. The van der Waals surface area contributed by atoms with E-state index in [-0.39, 0.29) is 0 Å². The van der Waals surface area contributed by atoms with Crippen molar-refractivity contribution in [2.75, 3.05) is 14.2 Å². The lowest BCUT2D eigenvalue weighted by molar-refractivity contribution is 0.112. The first-order chi connectivity index (χ1) is 10.2. The number of carbonyl (C=O) groups excluding carboxylic acids is 1. The molecule has 5 nitrogen and oxygen atoms in total. The lowest BCUT2D eigenvalue weighted by atomic mass is 9.95. The van der Waals surface area contributed by atoms with Crippen molar-refractivity contribution >= 4 is 6.29 Å². The average molecular weight is 282 g/mol. The SMILES string of the molecule is COc1cc2c(cc1OC)-c1c(C=O)c(C#N)cn1CC2. The maximum absolute atomic E-state index is 11.4. The summed E-state index contributed by atoms with van der Waals surface area (Å²) in [6, 6.07) is 5.88. The van der Waals surface area contributed by atoms with E-state index in [9.17, 15) is 4.79 Å². The van der Waals surface area contributed by atoms with Crippen LogP contribution >= 0.6 is 0 Å². The Balaban J connectivity index is 2.29. The molecule has 2 aromatic rings. The van der Waals surface area contributed by atoms with Gasteiger partial charge in [0.05, 0.1) is 31.0 Å². The van der Waals surface area contributed by atoms with Crippen molar-refractivity contribution in [2.24, 2.45) is 0 Å². The Hall–Kier alpha value is -2.74. The molecule has 0 saturated carbocycles. The van der Waals surface area contributed by atoms with Gasteiger partial charge in [0, 0.05) is 18.3 Å². The lowest BCUT2D eigenvalue weighted by Gasteiger charge is -2.22. The molecule has 106 valence electrons. The van der Waals surface area contributed by atoms with Crippen LogP contribution in [0.15, 0.2) is 18.3 Å². The molecular formula is C16H14N2O3. The van der Waals surface area contributed by atoms with Gasteiger partial charge in [0.25, 0.3) is 0 Å². The van der Waals surface area contributed by atoms with Gasteiger partial charge in [0.1, 0.15) is 6.07 Å². The second-order valence-electron chi connectivity index (χ2n) is 4.84. The summed E-state index contributed by atoms with van der Waals surface area (Å²) in [6.07, 6.45) is 3.30. The van der Waals surface area contributed by atoms with Crippen LogP contribution in [0, 0.1) is 11.3 Å². The zero-order valence-electron chi connectivity index (χ0n) is 11.8. The molecule has 0 radical (unpaired) electrons. The van der Waals surface area contributed by atoms with Crippen LogP contribution < -0.4 is 9.47 Å². The minimum absolute atomic E-state index is 0.405. The van der Waals surface area contributed by atoms with Gasteiger partial charge in [-0.3, -0.25) is 4.79 Å². The molecule has 21 heavy (non-hydrogen) atoms. The fourth-order valence-corrected chi connectivity index (χ4v) is 2.85. The van der Waals surface area contributed by atoms with Crippen molar-refractivity contribution in [1.82, 2.24) is 4.57 Å². The van der Waals surface area contributed by atoms with E-state index in [4.69, 9.17) is 14.7 Å². The third-order valence-corrected chi connectivity index (χ3v) is 3.84. The quantitative estimate of drug-likeness (QED) is 0.811. The first-order valence-electron chi connectivity index (χ1n) is 6.57. The van der Waals surface area contributed by atoms with Crippen LogP contribution in [-0.2, 0) is 13.0 Å². The summed E-state index contributed by atoms with van der Waals surface area (Å²) in [4.78, 5) is 11.4. The van der Waals surface area contributed by atoms with E-state index in [2.05, 4.69) is 6.07 Å². The van der Waals surface area contributed by atoms with Crippen LogP contribution in [0.4, 0.5) is 0 Å². The van der Waals surface area contributed by atoms with E-state index in [1.807, 2.05) is 16.7 Å². The molecule has 0 spiro atoms. The van der Waals surface area contributed by atoms with Crippen molar-refractivity contribution in [3.63, 3.8) is 0 Å². The van der Waals surface area contributed by atoms with Gasteiger partial charge in [-0.15, -0.1) is 0 Å². The number of benzene rings is 1. The Morgan fingerprint density at radius 1 is 1.29 bits per heavy atom. The molecule has 1 aromatic carbocycles. The second kappa shape index (κ2) is 4.98. The Bertz CT molecular complexity index is 769. The summed E-state index contributed by atoms with van der Waals surface area (Å²) in [5, 5.41) is 9.16. The molecule has 0 bridgehead atoms. The summed E-state index contributed by atoms with van der Waals surface area (Å²) in [5.74, 6) is 1.28. The molecule has 0 N–H and O–H groups in total. The summed E-state index contributed by atoms with van der Waals surface area (Å²) < 4.78 is 12.6. The lowest BCUT2D eigenvalue weighted by Crippen LogP contribution is -2.11. The highest BCUT2D eigenvalue weighted by molar-refractivity contribution is 5.91. The molecule has 2 heterocycles. The van der Waals surface area contributed by atoms with Gasteiger partial charge in [0.15, 0.2) is 17.8 Å². The Labute approximate surface area is 122 Å². The van der Waals surface area contributed by atoms with Crippen LogP contribution in [-0.4, -0.2) is 25.1 Å². The van der Waals surface area contributed by atoms with Crippen molar-refractivity contribution in [3.05, 3.63) is 35.0 Å². The van der Waals surface area contributed by atoms with Crippen LogP contribution in [0.3, 0.4) is 0 Å². The smallest absolute Gasteiger partial charge is 0.161 e. The van der Waals surface area contributed by atoms with E-state index in [0.717, 1.165) is 36.1 Å². The molecule has 0 fully saturated rings. The highest BCUT2D eigenvalue weighted by Gasteiger charge is 2.24. The van der Waals surface area contributed by atoms with E-state index in [1.165, 1.54) is 0 Å². The average Bonchev–Trinajstić information content (AvgIpc) is 2.91. The summed E-state index contributed by atoms with van der Waals surface area (Å²) in [7, 11) is 3.17. The fourth-order valence-electron chi connectivity index (χ4n) is 2.85. The molecule has 0 unspecified atom stereocenters. The molecule has 1 aliphatic heterocycles. The highest BCUT2D eigenvalue weighted by atomic mass is 16.5. The first-order valence-corrected chi connectivity index (χ1v) is 6.57. The largest absolute Gasteiger partial charge is 0.493 e. The van der Waals surface area contributed by atoms with Gasteiger partial charge in [-0.2, -0.15) is 5.26 Å². The topological polar surface area (TPSA) is 64.2 Å². The molecule has 1 aliphatic rings. The van der Waals surface area contributed by atoms with E-state index in [1.54, 1.807) is 20.4 Å². The second-order valence-corrected chi connectivity index (χ2v) is 4.84. The Kier molecular flexibility index (Phi) is 3.15. The fraction of sp³-hybridized carbons (Fsp3) is 0.250. The third-order valence-electron chi connectivity index (χ3n) is 3.84. The summed E-state index contributed by atoms with van der Waals surface area (Å²) in [6.45, 7) is 0.736. The predicted octanol–water partition coefficient (Wildman–Crippen LogP) is 2.41. The monoisotopic (exact) mass is 282 g/mol. The van der Waals surface area contributed by atoms with E-state index >= 15 is 0 Å². The van der Waals surface area contributed by atoms with Crippen molar-refractivity contribution in [1.29, 1.82) is 5.26 Å². The molecular weight excluding hydrogens is 268 g/mol. The predicted molar refractivity (Wildman–Crippen MR) is 76.8 cm³/mol. The van der Waals surface area contributed by atoms with Gasteiger partial charge in [-0.05, 0) is 24.1 Å². The minimum atomic E-state index is 0.405. The number of rotatable bonds is 3. The number of ether oxygens (including phenoxy) is 2. The first kappa shape index (κ1) is 13.3. The van der Waals surface area contributed by atoms with Gasteiger partial charge in [0.2, 0.25) is 0 Å². The van der Waals surface area contributed by atoms with Crippen molar-refractivity contribution in [2.45, 2.75) is 13.0 Å². The third kappa shape index (κ3) is 1.88. The molecule has 1 aromatic heterocycles. The van der Waals surface area contributed by atoms with Crippen LogP contribution in [0.5, 0.6) is 11.5 Å². The molecule has 5 heteroatoms. The van der Waals surface area contributed by atoms with E-state index < -0.39 is 0 Å². The van der Waals surface area contributed by atoms with E-state index in [0.29, 0.717) is 22.6 Å². The Morgan fingerprint density at radius 2 is 2.00 bits per heavy atom. The maximum Gasteiger partial charge on any atom is 0.161 e. The summed E-state index contributed by atoms with van der Waals surface area (Å²) >= 11 is 0. The number of nitrogens with zero attached hydrogens (tertiary/aromatic N) is 2. The molecule has 0 saturated heterocycles. The van der Waals surface area contributed by atoms with Crippen LogP contribution in [0.1, 0.15) is 21.5 Å². The normalized spacial score (nSPS) is 12.0. The van der Waals surface area contributed by atoms with Crippen molar-refractivity contribution in [3.8, 4) is 28.8 Å². The highest BCUT2D eigenvalue weighted by Crippen LogP contribution is 2.40. The number of aromatic nitrogens is 1. The number of fused-ring (bicyclic) bond motifs is 3. The zero-order valence-corrected chi connectivity index (χ0v) is 11.8. The molecule has 3 rings (SSSR count). The van der Waals surface area contributed by atoms with Crippen molar-refractivity contribution < 1.29 is 14.3 Å². The molecule has 0 atom stereocenters. The van der Waals surface area contributed by atoms with Crippen LogP contribution in [0.2, 0.25) is 0 Å². The molecule has 0 amide bonds. The summed E-state index contributed by atoms with van der Waals surface area (Å²) in [5.41, 5.74) is 3.63.